The van der Waals surface area contributed by atoms with E-state index in [0.29, 0.717) is 31.8 Å². The molecule has 1 aromatic rings. The molecule has 0 aliphatic rings. The number of carbonyl (C=O) groups excluding carboxylic acids is 2. The molecule has 0 aromatic heterocycles. The van der Waals surface area contributed by atoms with Crippen LogP contribution in [-0.2, 0) is 16.0 Å². The molecule has 0 aliphatic heterocycles. The van der Waals surface area contributed by atoms with Gasteiger partial charge in [-0.2, -0.15) is 0 Å². The number of Topliss-reactive ketones (excluding diaryl/α,β-unsaturated/α-hetero) is 1. The van der Waals surface area contributed by atoms with E-state index in [9.17, 15) is 9.59 Å². The summed E-state index contributed by atoms with van der Waals surface area (Å²) in [6.07, 6.45) is 1.94. The predicted molar refractivity (Wildman–Crippen MR) is 85.6 cm³/mol. The van der Waals surface area contributed by atoms with Gasteiger partial charge in [0.25, 0.3) is 0 Å². The van der Waals surface area contributed by atoms with E-state index < -0.39 is 0 Å². The topological polar surface area (TPSA) is 69.6 Å². The van der Waals surface area contributed by atoms with E-state index in [2.05, 4.69) is 18.7 Å². The summed E-state index contributed by atoms with van der Waals surface area (Å²) in [6.45, 7) is 5.59. The van der Waals surface area contributed by atoms with Crippen molar-refractivity contribution in [1.82, 2.24) is 10.4 Å². The van der Waals surface area contributed by atoms with Crippen molar-refractivity contribution in [2.24, 2.45) is 0 Å². The van der Waals surface area contributed by atoms with Crippen LogP contribution in [0.2, 0.25) is 0 Å². The molecule has 0 saturated carbocycles. The van der Waals surface area contributed by atoms with Gasteiger partial charge in [-0.05, 0) is 32.4 Å². The van der Waals surface area contributed by atoms with E-state index in [-0.39, 0.29) is 18.1 Å². The first-order valence-electron chi connectivity index (χ1n) is 7.75. The molecule has 0 spiro atoms. The molecule has 5 nitrogen and oxygen atoms in total. The number of nitrogens with zero attached hydrogens (tertiary/aromatic N) is 1. The molecule has 0 bridgehead atoms. The molecule has 122 valence electrons. The van der Waals surface area contributed by atoms with Crippen LogP contribution >= 0.6 is 0 Å². The Balaban J connectivity index is 2.34. The summed E-state index contributed by atoms with van der Waals surface area (Å²) in [7, 11) is 0. The third-order valence-corrected chi connectivity index (χ3v) is 3.63. The number of hydrogen-bond donors (Lipinski definition) is 2. The maximum Gasteiger partial charge on any atom is 0.243 e. The van der Waals surface area contributed by atoms with Crippen molar-refractivity contribution in [3.63, 3.8) is 0 Å². The van der Waals surface area contributed by atoms with Crippen LogP contribution in [0.15, 0.2) is 30.3 Å². The highest BCUT2D eigenvalue weighted by atomic mass is 16.5. The zero-order chi connectivity index (χ0) is 16.4. The second-order valence-electron chi connectivity index (χ2n) is 5.72. The summed E-state index contributed by atoms with van der Waals surface area (Å²) in [6, 6.07) is 10.1. The number of ketones is 1. The van der Waals surface area contributed by atoms with Crippen molar-refractivity contribution in [2.75, 3.05) is 13.1 Å². The standard InChI is InChI=1S/C17H26N2O3/c1-14(2)19(11-6-9-17(21)18-22)12-10-16(20)13-15-7-4-3-5-8-15/h3-5,7-8,14,22H,6,9-13H2,1-2H3,(H,18,21). The molecule has 0 heterocycles. The van der Waals surface area contributed by atoms with Gasteiger partial charge < -0.3 is 4.90 Å². The van der Waals surface area contributed by atoms with Gasteiger partial charge in [0.05, 0.1) is 0 Å². The average Bonchev–Trinajstić information content (AvgIpc) is 2.50. The van der Waals surface area contributed by atoms with Gasteiger partial charge in [0.1, 0.15) is 5.78 Å². The lowest BCUT2D eigenvalue weighted by molar-refractivity contribution is -0.129. The van der Waals surface area contributed by atoms with Crippen molar-refractivity contribution in [3.8, 4) is 0 Å². The van der Waals surface area contributed by atoms with Gasteiger partial charge in [0.15, 0.2) is 0 Å². The molecule has 0 radical (unpaired) electrons. The fourth-order valence-corrected chi connectivity index (χ4v) is 2.31. The number of hydrogen-bond acceptors (Lipinski definition) is 4. The van der Waals surface area contributed by atoms with Crippen molar-refractivity contribution in [1.29, 1.82) is 0 Å². The third-order valence-electron chi connectivity index (χ3n) is 3.63. The van der Waals surface area contributed by atoms with Crippen LogP contribution in [0, 0.1) is 0 Å². The minimum atomic E-state index is -0.371. The molecular weight excluding hydrogens is 280 g/mol. The smallest absolute Gasteiger partial charge is 0.243 e. The third kappa shape index (κ3) is 7.33. The SMILES string of the molecule is CC(C)N(CCCC(=O)NO)CCC(=O)Cc1ccccc1. The molecule has 0 aliphatic carbocycles. The highest BCUT2D eigenvalue weighted by Gasteiger charge is 2.12. The predicted octanol–water partition coefficient (Wildman–Crippen LogP) is 2.18. The van der Waals surface area contributed by atoms with Crippen molar-refractivity contribution < 1.29 is 14.8 Å². The minimum Gasteiger partial charge on any atom is -0.300 e. The molecule has 0 unspecified atom stereocenters. The maximum absolute atomic E-state index is 12.0. The van der Waals surface area contributed by atoms with Gasteiger partial charge in [0, 0.05) is 31.8 Å². The average molecular weight is 306 g/mol. The fraction of sp³-hybridized carbons (Fsp3) is 0.529. The fourth-order valence-electron chi connectivity index (χ4n) is 2.31. The maximum atomic E-state index is 12.0. The van der Waals surface area contributed by atoms with Crippen LogP contribution in [0.1, 0.15) is 38.7 Å². The van der Waals surface area contributed by atoms with Crippen LogP contribution in [0.4, 0.5) is 0 Å². The summed E-state index contributed by atoms with van der Waals surface area (Å²) in [5, 5.41) is 8.47. The van der Waals surface area contributed by atoms with Gasteiger partial charge in [-0.25, -0.2) is 5.48 Å². The Bertz CT molecular complexity index is 460. The van der Waals surface area contributed by atoms with E-state index in [1.807, 2.05) is 30.3 Å². The Hall–Kier alpha value is -1.72. The van der Waals surface area contributed by atoms with Gasteiger partial charge in [-0.3, -0.25) is 14.8 Å². The molecule has 5 heteroatoms. The van der Waals surface area contributed by atoms with Gasteiger partial charge >= 0.3 is 0 Å². The summed E-state index contributed by atoms with van der Waals surface area (Å²) in [4.78, 5) is 25.2. The minimum absolute atomic E-state index is 0.227. The van der Waals surface area contributed by atoms with Crippen molar-refractivity contribution in [2.45, 2.75) is 45.6 Å². The number of amides is 1. The van der Waals surface area contributed by atoms with E-state index in [0.717, 1.165) is 12.1 Å². The molecule has 1 aromatic carbocycles. The Morgan fingerprint density at radius 2 is 1.82 bits per heavy atom. The Kier molecular flexibility index (Phi) is 8.40. The monoisotopic (exact) mass is 306 g/mol. The van der Waals surface area contributed by atoms with E-state index in [1.54, 1.807) is 5.48 Å². The highest BCUT2D eigenvalue weighted by molar-refractivity contribution is 5.81. The Morgan fingerprint density at radius 1 is 1.14 bits per heavy atom. The van der Waals surface area contributed by atoms with Crippen LogP contribution in [0.5, 0.6) is 0 Å². The van der Waals surface area contributed by atoms with Crippen LogP contribution in [0.25, 0.3) is 0 Å². The molecule has 2 N–H and O–H groups in total. The van der Waals surface area contributed by atoms with Gasteiger partial charge in [-0.15, -0.1) is 0 Å². The molecule has 0 fully saturated rings. The molecule has 22 heavy (non-hydrogen) atoms. The summed E-state index contributed by atoms with van der Waals surface area (Å²) in [5.74, 6) is -0.145. The van der Waals surface area contributed by atoms with Crippen LogP contribution in [0.3, 0.4) is 0 Å². The van der Waals surface area contributed by atoms with E-state index >= 15 is 0 Å². The molecule has 1 rings (SSSR count). The first kappa shape index (κ1) is 18.3. The quantitative estimate of drug-likeness (QED) is 0.513. The first-order chi connectivity index (χ1) is 10.5. The summed E-state index contributed by atoms with van der Waals surface area (Å²) < 4.78 is 0. The highest BCUT2D eigenvalue weighted by Crippen LogP contribution is 2.06. The second kappa shape index (κ2) is 10.1. The Labute approximate surface area is 132 Å². The normalized spacial score (nSPS) is 11.0. The zero-order valence-corrected chi connectivity index (χ0v) is 13.4. The van der Waals surface area contributed by atoms with Crippen molar-refractivity contribution in [3.05, 3.63) is 35.9 Å². The lowest BCUT2D eigenvalue weighted by Gasteiger charge is -2.26. The summed E-state index contributed by atoms with van der Waals surface area (Å²) in [5.41, 5.74) is 2.68. The van der Waals surface area contributed by atoms with Crippen LogP contribution in [-0.4, -0.2) is 40.9 Å². The molecule has 0 atom stereocenters. The second-order valence-corrected chi connectivity index (χ2v) is 5.72. The van der Waals surface area contributed by atoms with E-state index in [4.69, 9.17) is 5.21 Å². The number of carbonyl (C=O) groups is 2. The molecule has 0 saturated heterocycles. The van der Waals surface area contributed by atoms with E-state index in [1.165, 1.54) is 0 Å². The molecule has 1 amide bonds. The lowest BCUT2D eigenvalue weighted by Crippen LogP contribution is -2.34. The van der Waals surface area contributed by atoms with Crippen molar-refractivity contribution >= 4 is 11.7 Å². The Morgan fingerprint density at radius 3 is 2.41 bits per heavy atom. The number of rotatable bonds is 10. The summed E-state index contributed by atoms with van der Waals surface area (Å²) >= 11 is 0. The first-order valence-corrected chi connectivity index (χ1v) is 7.75. The number of benzene rings is 1. The lowest BCUT2D eigenvalue weighted by atomic mass is 10.1. The van der Waals surface area contributed by atoms with Gasteiger partial charge in [0.2, 0.25) is 5.91 Å². The number of hydroxylamine groups is 1. The largest absolute Gasteiger partial charge is 0.300 e. The molecular formula is C17H26N2O3. The zero-order valence-electron chi connectivity index (χ0n) is 13.4. The number of nitrogens with one attached hydrogen (secondary N) is 1. The van der Waals surface area contributed by atoms with Gasteiger partial charge in [-0.1, -0.05) is 30.3 Å². The van der Waals surface area contributed by atoms with Crippen LogP contribution < -0.4 is 5.48 Å².